The zero-order valence-electron chi connectivity index (χ0n) is 14.8. The van der Waals surface area contributed by atoms with Crippen LogP contribution in [0.15, 0.2) is 39.6 Å². The molecule has 0 spiro atoms. The van der Waals surface area contributed by atoms with E-state index in [0.29, 0.717) is 11.5 Å². The van der Waals surface area contributed by atoms with Crippen LogP contribution >= 0.6 is 0 Å². The maximum absolute atomic E-state index is 12.1. The van der Waals surface area contributed by atoms with Crippen molar-refractivity contribution in [3.8, 4) is 0 Å². The lowest BCUT2D eigenvalue weighted by Gasteiger charge is -2.11. The third kappa shape index (κ3) is 4.12. The Morgan fingerprint density at radius 2 is 1.73 bits per heavy atom. The van der Waals surface area contributed by atoms with Gasteiger partial charge >= 0.3 is 11.9 Å². The number of nitrogens with zero attached hydrogens (tertiary/aromatic N) is 1. The summed E-state index contributed by atoms with van der Waals surface area (Å²) in [7, 11) is 0.538. The number of esters is 2. The lowest BCUT2D eigenvalue weighted by molar-refractivity contribution is 0.0443. The minimum Gasteiger partial charge on any atom is -0.465 e. The molecule has 0 bridgehead atoms. The molecule has 2 rings (SSSR count). The van der Waals surface area contributed by atoms with Crippen molar-refractivity contribution in [3.05, 3.63) is 53.0 Å². The van der Waals surface area contributed by atoms with Crippen LogP contribution in [-0.2, 0) is 26.1 Å². The fourth-order valence-corrected chi connectivity index (χ4v) is 3.02. The van der Waals surface area contributed by atoms with Crippen LogP contribution in [0.4, 0.5) is 0 Å². The summed E-state index contributed by atoms with van der Waals surface area (Å²) >= 11 is 0. The number of sulfonamides is 1. The van der Waals surface area contributed by atoms with E-state index < -0.39 is 22.0 Å². The van der Waals surface area contributed by atoms with Crippen molar-refractivity contribution in [1.82, 2.24) is 4.31 Å². The fourth-order valence-electron chi connectivity index (χ4n) is 2.12. The summed E-state index contributed by atoms with van der Waals surface area (Å²) in [5.74, 6) is -0.529. The molecule has 0 radical (unpaired) electrons. The highest BCUT2D eigenvalue weighted by atomic mass is 32.2. The summed E-state index contributed by atoms with van der Waals surface area (Å²) in [6.07, 6.45) is 0. The van der Waals surface area contributed by atoms with E-state index in [1.54, 1.807) is 6.92 Å². The van der Waals surface area contributed by atoms with E-state index in [0.717, 1.165) is 4.31 Å². The molecule has 0 fully saturated rings. The average molecular weight is 381 g/mol. The Kier molecular flexibility index (Phi) is 5.83. The minimum absolute atomic E-state index is 0.0726. The molecule has 0 unspecified atom stereocenters. The molecule has 0 N–H and O–H groups in total. The third-order valence-electron chi connectivity index (χ3n) is 3.59. The van der Waals surface area contributed by atoms with Crippen molar-refractivity contribution in [2.24, 2.45) is 0 Å². The summed E-state index contributed by atoms with van der Waals surface area (Å²) in [4.78, 5) is 23.7. The first-order chi connectivity index (χ1) is 12.2. The van der Waals surface area contributed by atoms with Gasteiger partial charge in [-0.2, -0.15) is 0 Å². The monoisotopic (exact) mass is 381 g/mol. The minimum atomic E-state index is -3.56. The Morgan fingerprint density at radius 3 is 2.27 bits per heavy atom. The fraction of sp³-hybridized carbons (Fsp3) is 0.294. The van der Waals surface area contributed by atoms with Gasteiger partial charge in [-0.05, 0) is 37.3 Å². The number of carbonyl (C=O) groups is 2. The van der Waals surface area contributed by atoms with E-state index >= 15 is 0 Å². The molecular weight excluding hydrogens is 362 g/mol. The van der Waals surface area contributed by atoms with Gasteiger partial charge in [-0.3, -0.25) is 0 Å². The van der Waals surface area contributed by atoms with Gasteiger partial charge in [-0.25, -0.2) is 22.3 Å². The molecule has 0 atom stereocenters. The van der Waals surface area contributed by atoms with Gasteiger partial charge < -0.3 is 13.9 Å². The van der Waals surface area contributed by atoms with E-state index in [4.69, 9.17) is 9.15 Å². The normalized spacial score (nSPS) is 11.4. The topological polar surface area (TPSA) is 103 Å². The molecule has 8 nitrogen and oxygen atoms in total. The first-order valence-electron chi connectivity index (χ1n) is 7.54. The smallest absolute Gasteiger partial charge is 0.341 e. The lowest BCUT2D eigenvalue weighted by atomic mass is 10.2. The maximum Gasteiger partial charge on any atom is 0.341 e. The van der Waals surface area contributed by atoms with Crippen LogP contribution in [0, 0.1) is 6.92 Å². The Labute approximate surface area is 151 Å². The SMILES string of the molecule is COC(=O)c1cc(COC(=O)c2ccc(S(=O)(=O)N(C)C)cc2)oc1C. The first kappa shape index (κ1) is 19.7. The predicted molar refractivity (Wildman–Crippen MR) is 91.2 cm³/mol. The zero-order valence-corrected chi connectivity index (χ0v) is 15.6. The van der Waals surface area contributed by atoms with Crippen LogP contribution in [0.25, 0.3) is 0 Å². The van der Waals surface area contributed by atoms with E-state index in [-0.39, 0.29) is 22.6 Å². The van der Waals surface area contributed by atoms with Crippen molar-refractivity contribution in [1.29, 1.82) is 0 Å². The molecule has 0 amide bonds. The van der Waals surface area contributed by atoms with Crippen molar-refractivity contribution in [2.75, 3.05) is 21.2 Å². The molecule has 0 saturated heterocycles. The highest BCUT2D eigenvalue weighted by Gasteiger charge is 2.19. The summed E-state index contributed by atoms with van der Waals surface area (Å²) in [5, 5.41) is 0. The summed E-state index contributed by atoms with van der Waals surface area (Å²) in [6.45, 7) is 1.43. The van der Waals surface area contributed by atoms with E-state index in [9.17, 15) is 18.0 Å². The van der Waals surface area contributed by atoms with Gasteiger partial charge in [-0.1, -0.05) is 0 Å². The highest BCUT2D eigenvalue weighted by molar-refractivity contribution is 7.89. The molecule has 0 aliphatic rings. The van der Waals surface area contributed by atoms with E-state index in [1.165, 1.54) is 51.5 Å². The second kappa shape index (κ2) is 7.71. The van der Waals surface area contributed by atoms with Crippen LogP contribution in [0.5, 0.6) is 0 Å². The molecule has 140 valence electrons. The molecular formula is C17H19NO7S. The first-order valence-corrected chi connectivity index (χ1v) is 8.98. The molecule has 1 heterocycles. The highest BCUT2D eigenvalue weighted by Crippen LogP contribution is 2.18. The average Bonchev–Trinajstić information content (AvgIpc) is 2.99. The lowest BCUT2D eigenvalue weighted by Crippen LogP contribution is -2.22. The molecule has 2 aromatic rings. The molecule has 0 saturated carbocycles. The third-order valence-corrected chi connectivity index (χ3v) is 5.42. The maximum atomic E-state index is 12.1. The van der Waals surface area contributed by atoms with Gasteiger partial charge in [0.2, 0.25) is 10.0 Å². The zero-order chi connectivity index (χ0) is 19.5. The number of carbonyl (C=O) groups excluding carboxylic acids is 2. The van der Waals surface area contributed by atoms with Gasteiger partial charge in [-0.15, -0.1) is 0 Å². The van der Waals surface area contributed by atoms with Crippen molar-refractivity contribution < 1.29 is 31.9 Å². The Morgan fingerprint density at radius 1 is 1.12 bits per heavy atom. The second-order valence-corrected chi connectivity index (χ2v) is 7.71. The van der Waals surface area contributed by atoms with Gasteiger partial charge in [0.1, 0.15) is 23.7 Å². The quantitative estimate of drug-likeness (QED) is 0.705. The summed E-state index contributed by atoms with van der Waals surface area (Å²) in [6, 6.07) is 6.84. The Balaban J connectivity index is 2.06. The number of aryl methyl sites for hydroxylation is 1. The van der Waals surface area contributed by atoms with Gasteiger partial charge in [0.25, 0.3) is 0 Å². The Bertz CT molecular complexity index is 911. The predicted octanol–water partition coefficient (Wildman–Crippen LogP) is 1.98. The molecule has 9 heteroatoms. The van der Waals surface area contributed by atoms with E-state index in [2.05, 4.69) is 4.74 Å². The standard InChI is InChI=1S/C17H19NO7S/c1-11-15(17(20)23-4)9-13(25-11)10-24-16(19)12-5-7-14(8-6-12)26(21,22)18(2)3/h5-9H,10H2,1-4H3. The van der Waals surface area contributed by atoms with Gasteiger partial charge in [0.05, 0.1) is 17.6 Å². The molecule has 1 aromatic carbocycles. The van der Waals surface area contributed by atoms with Gasteiger partial charge in [0, 0.05) is 14.1 Å². The van der Waals surface area contributed by atoms with Crippen molar-refractivity contribution in [3.63, 3.8) is 0 Å². The number of rotatable bonds is 6. The van der Waals surface area contributed by atoms with Crippen molar-refractivity contribution >= 4 is 22.0 Å². The van der Waals surface area contributed by atoms with Crippen molar-refractivity contribution in [2.45, 2.75) is 18.4 Å². The number of benzene rings is 1. The van der Waals surface area contributed by atoms with Crippen LogP contribution in [0.2, 0.25) is 0 Å². The summed E-state index contributed by atoms with van der Waals surface area (Å²) < 4.78 is 40.2. The molecule has 1 aromatic heterocycles. The Hall–Kier alpha value is -2.65. The molecule has 0 aliphatic heterocycles. The number of methoxy groups -OCH3 is 1. The molecule has 26 heavy (non-hydrogen) atoms. The second-order valence-electron chi connectivity index (χ2n) is 5.56. The van der Waals surface area contributed by atoms with Crippen LogP contribution in [-0.4, -0.2) is 45.9 Å². The van der Waals surface area contributed by atoms with Crippen LogP contribution in [0.3, 0.4) is 0 Å². The molecule has 0 aliphatic carbocycles. The van der Waals surface area contributed by atoms with Crippen LogP contribution < -0.4 is 0 Å². The van der Waals surface area contributed by atoms with Gasteiger partial charge in [0.15, 0.2) is 0 Å². The van der Waals surface area contributed by atoms with E-state index in [1.807, 2.05) is 0 Å². The number of hydrogen-bond acceptors (Lipinski definition) is 7. The largest absolute Gasteiger partial charge is 0.465 e. The summed E-state index contributed by atoms with van der Waals surface area (Å²) in [5.41, 5.74) is 0.455. The number of hydrogen-bond donors (Lipinski definition) is 0. The number of furan rings is 1. The number of ether oxygens (including phenoxy) is 2. The van der Waals surface area contributed by atoms with Crippen LogP contribution in [0.1, 0.15) is 32.2 Å².